The zero-order chi connectivity index (χ0) is 15.9. The van der Waals surface area contributed by atoms with Crippen molar-refractivity contribution in [3.05, 3.63) is 47.8 Å². The van der Waals surface area contributed by atoms with Gasteiger partial charge in [0, 0.05) is 18.3 Å². The highest BCUT2D eigenvalue weighted by Gasteiger charge is 2.09. The summed E-state index contributed by atoms with van der Waals surface area (Å²) < 4.78 is 0. The van der Waals surface area contributed by atoms with E-state index in [9.17, 15) is 5.11 Å². The average molecular weight is 298 g/mol. The van der Waals surface area contributed by atoms with E-state index in [1.54, 1.807) is 12.3 Å². The van der Waals surface area contributed by atoms with Gasteiger partial charge in [-0.25, -0.2) is 0 Å². The van der Waals surface area contributed by atoms with E-state index in [4.69, 9.17) is 0 Å². The van der Waals surface area contributed by atoms with Crippen LogP contribution in [0.2, 0.25) is 0 Å². The molecule has 22 heavy (non-hydrogen) atoms. The van der Waals surface area contributed by atoms with Gasteiger partial charge in [0.25, 0.3) is 0 Å². The fraction of sp³-hybridized carbons (Fsp3) is 0.294. The summed E-state index contributed by atoms with van der Waals surface area (Å²) in [7, 11) is 0. The van der Waals surface area contributed by atoms with Gasteiger partial charge in [0.05, 0.1) is 11.9 Å². The number of H-pyrrole nitrogens is 1. The molecule has 0 spiro atoms. The number of benzene rings is 1. The number of nitrogens with one attached hydrogen (secondary N) is 2. The maximum Gasteiger partial charge on any atom is 0.119 e. The minimum atomic E-state index is 0.303. The average Bonchev–Trinajstić information content (AvgIpc) is 3.01. The van der Waals surface area contributed by atoms with Crippen LogP contribution in [0.15, 0.2) is 41.8 Å². The van der Waals surface area contributed by atoms with Crippen LogP contribution < -0.4 is 5.43 Å². The number of hydrogen-bond acceptors (Lipinski definition) is 4. The second kappa shape index (κ2) is 7.45. The van der Waals surface area contributed by atoms with E-state index in [2.05, 4.69) is 20.7 Å². The first kappa shape index (κ1) is 15.8. The molecule has 1 aromatic heterocycles. The molecule has 0 saturated heterocycles. The van der Waals surface area contributed by atoms with Crippen molar-refractivity contribution in [1.82, 2.24) is 15.6 Å². The minimum absolute atomic E-state index is 0.303. The Labute approximate surface area is 130 Å². The predicted octanol–water partition coefficient (Wildman–Crippen LogP) is 3.17. The summed E-state index contributed by atoms with van der Waals surface area (Å²) in [5.41, 5.74) is 7.94. The van der Waals surface area contributed by atoms with Gasteiger partial charge in [-0.1, -0.05) is 12.1 Å². The van der Waals surface area contributed by atoms with E-state index in [-0.39, 0.29) is 0 Å². The number of aryl methyl sites for hydroxylation is 1. The van der Waals surface area contributed by atoms with Crippen LogP contribution in [0, 0.1) is 6.92 Å². The second-order valence-corrected chi connectivity index (χ2v) is 5.19. The van der Waals surface area contributed by atoms with Gasteiger partial charge in [0.1, 0.15) is 5.75 Å². The Bertz CT molecular complexity index is 672. The summed E-state index contributed by atoms with van der Waals surface area (Å²) >= 11 is 0. The van der Waals surface area contributed by atoms with E-state index in [0.29, 0.717) is 18.7 Å². The molecule has 5 heteroatoms. The number of allylic oxidation sites excluding steroid dienone is 2. The van der Waals surface area contributed by atoms with Crippen LogP contribution in [-0.2, 0) is 6.42 Å². The standard InChI is InChI=1S/C17H22N4O/c1-4-5-13(3)21-18-7-6-14-8-12(2)16(9-17(14)22)15-10-19-20-11-15/h4-5,8-11,18,22H,6-7H2,1-3H3,(H,19,20)/b5-4-,21-13-. The molecule has 5 nitrogen and oxygen atoms in total. The molecule has 0 aliphatic heterocycles. The molecule has 0 saturated carbocycles. The topological polar surface area (TPSA) is 73.3 Å². The zero-order valence-corrected chi connectivity index (χ0v) is 13.2. The van der Waals surface area contributed by atoms with Crippen molar-refractivity contribution in [2.45, 2.75) is 27.2 Å². The lowest BCUT2D eigenvalue weighted by atomic mass is 9.98. The molecular formula is C17H22N4O. The molecule has 0 radical (unpaired) electrons. The summed E-state index contributed by atoms with van der Waals surface area (Å²) in [5.74, 6) is 0.303. The number of hydrogen-bond donors (Lipinski definition) is 3. The number of nitrogens with zero attached hydrogens (tertiary/aromatic N) is 2. The van der Waals surface area contributed by atoms with E-state index >= 15 is 0 Å². The molecule has 1 heterocycles. The highest BCUT2D eigenvalue weighted by Crippen LogP contribution is 2.29. The van der Waals surface area contributed by atoms with Crippen molar-refractivity contribution in [1.29, 1.82) is 0 Å². The van der Waals surface area contributed by atoms with Crippen LogP contribution in [-0.4, -0.2) is 27.6 Å². The Balaban J connectivity index is 2.04. The molecule has 0 atom stereocenters. The van der Waals surface area contributed by atoms with Gasteiger partial charge >= 0.3 is 0 Å². The lowest BCUT2D eigenvalue weighted by molar-refractivity contribution is 0.467. The van der Waals surface area contributed by atoms with Gasteiger partial charge in [0.15, 0.2) is 0 Å². The smallest absolute Gasteiger partial charge is 0.119 e. The van der Waals surface area contributed by atoms with Crippen molar-refractivity contribution < 1.29 is 5.11 Å². The minimum Gasteiger partial charge on any atom is -0.508 e. The van der Waals surface area contributed by atoms with Crippen LogP contribution in [0.4, 0.5) is 0 Å². The lowest BCUT2D eigenvalue weighted by Crippen LogP contribution is -2.12. The van der Waals surface area contributed by atoms with E-state index < -0.39 is 0 Å². The number of phenolic OH excluding ortho intramolecular Hbond substituents is 1. The number of aromatic nitrogens is 2. The fourth-order valence-corrected chi connectivity index (χ4v) is 2.32. The van der Waals surface area contributed by atoms with Gasteiger partial charge in [-0.15, -0.1) is 0 Å². The summed E-state index contributed by atoms with van der Waals surface area (Å²) in [6.45, 7) is 6.61. The lowest BCUT2D eigenvalue weighted by Gasteiger charge is -2.10. The summed E-state index contributed by atoms with van der Waals surface area (Å²) in [5, 5.41) is 21.2. The van der Waals surface area contributed by atoms with Gasteiger partial charge in [-0.05, 0) is 56.0 Å². The van der Waals surface area contributed by atoms with Crippen molar-refractivity contribution >= 4 is 5.71 Å². The second-order valence-electron chi connectivity index (χ2n) is 5.19. The third-order valence-electron chi connectivity index (χ3n) is 3.40. The van der Waals surface area contributed by atoms with Gasteiger partial charge < -0.3 is 10.5 Å². The van der Waals surface area contributed by atoms with Crippen LogP contribution in [0.5, 0.6) is 5.75 Å². The Morgan fingerprint density at radius 2 is 2.27 bits per heavy atom. The number of phenols is 1. The SMILES string of the molecule is C/C=C\C(C)=N/NCCc1cc(C)c(-c2cn[nH]c2)cc1O. The maximum atomic E-state index is 10.2. The molecule has 0 bridgehead atoms. The zero-order valence-electron chi connectivity index (χ0n) is 13.2. The first-order valence-corrected chi connectivity index (χ1v) is 7.33. The third kappa shape index (κ3) is 3.97. The Morgan fingerprint density at radius 3 is 2.95 bits per heavy atom. The van der Waals surface area contributed by atoms with E-state index in [1.165, 1.54) is 0 Å². The molecule has 2 rings (SSSR count). The molecule has 1 aromatic carbocycles. The monoisotopic (exact) mass is 298 g/mol. The first-order chi connectivity index (χ1) is 10.6. The van der Waals surface area contributed by atoms with Crippen LogP contribution in [0.3, 0.4) is 0 Å². The van der Waals surface area contributed by atoms with Crippen molar-refractivity contribution in [3.8, 4) is 16.9 Å². The summed E-state index contributed by atoms with van der Waals surface area (Å²) in [6, 6.07) is 3.81. The van der Waals surface area contributed by atoms with Crippen molar-refractivity contribution in [2.75, 3.05) is 6.54 Å². The van der Waals surface area contributed by atoms with E-state index in [1.807, 2.05) is 45.2 Å². The van der Waals surface area contributed by atoms with Crippen LogP contribution in [0.1, 0.15) is 25.0 Å². The molecule has 0 fully saturated rings. The molecule has 2 aromatic rings. The number of aromatic amines is 1. The molecular weight excluding hydrogens is 276 g/mol. The molecule has 116 valence electrons. The van der Waals surface area contributed by atoms with Gasteiger partial charge in [-0.3, -0.25) is 5.10 Å². The van der Waals surface area contributed by atoms with Gasteiger partial charge in [0.2, 0.25) is 0 Å². The number of hydrazone groups is 1. The Hall–Kier alpha value is -2.56. The molecule has 0 amide bonds. The van der Waals surface area contributed by atoms with Crippen molar-refractivity contribution in [3.63, 3.8) is 0 Å². The first-order valence-electron chi connectivity index (χ1n) is 7.33. The quantitative estimate of drug-likeness (QED) is 0.435. The highest BCUT2D eigenvalue weighted by molar-refractivity contribution is 5.92. The Morgan fingerprint density at radius 1 is 1.45 bits per heavy atom. The van der Waals surface area contributed by atoms with E-state index in [0.717, 1.165) is 28.0 Å². The normalized spacial score (nSPS) is 12.0. The maximum absolute atomic E-state index is 10.2. The van der Waals surface area contributed by atoms with Crippen molar-refractivity contribution in [2.24, 2.45) is 5.10 Å². The third-order valence-corrected chi connectivity index (χ3v) is 3.40. The molecule has 0 unspecified atom stereocenters. The molecule has 0 aliphatic carbocycles. The number of aromatic hydroxyl groups is 1. The fourth-order valence-electron chi connectivity index (χ4n) is 2.32. The highest BCUT2D eigenvalue weighted by atomic mass is 16.3. The van der Waals surface area contributed by atoms with Gasteiger partial charge in [-0.2, -0.15) is 10.2 Å². The summed E-state index contributed by atoms with van der Waals surface area (Å²) in [6.07, 6.45) is 8.17. The largest absolute Gasteiger partial charge is 0.508 e. The van der Waals surface area contributed by atoms with Crippen LogP contribution in [0.25, 0.3) is 11.1 Å². The van der Waals surface area contributed by atoms with Crippen LogP contribution >= 0.6 is 0 Å². The summed E-state index contributed by atoms with van der Waals surface area (Å²) in [4.78, 5) is 0. The predicted molar refractivity (Wildman–Crippen MR) is 90.1 cm³/mol. The molecule has 0 aliphatic rings. The number of rotatable bonds is 6. The molecule has 3 N–H and O–H groups in total. The Kier molecular flexibility index (Phi) is 5.36.